The number of ether oxygens (including phenoxy) is 1. The number of aromatic nitrogens is 3. The van der Waals surface area contributed by atoms with Crippen LogP contribution in [0.1, 0.15) is 25.3 Å². The van der Waals surface area contributed by atoms with Gasteiger partial charge in [0.2, 0.25) is 0 Å². The van der Waals surface area contributed by atoms with Crippen molar-refractivity contribution in [3.63, 3.8) is 0 Å². The minimum atomic E-state index is -0.761. The van der Waals surface area contributed by atoms with Crippen molar-refractivity contribution in [3.05, 3.63) is 31.5 Å². The van der Waals surface area contributed by atoms with Gasteiger partial charge in [-0.3, -0.25) is 9.97 Å². The molecule has 0 radical (unpaired) electrons. The molecular weight excluding hydrogens is 214 g/mol. The van der Waals surface area contributed by atoms with Crippen molar-refractivity contribution < 1.29 is 4.74 Å². The number of rotatable bonds is 1. The van der Waals surface area contributed by atoms with Crippen LogP contribution in [0.5, 0.6) is 0 Å². The van der Waals surface area contributed by atoms with Gasteiger partial charge in [0.05, 0.1) is 12.2 Å². The lowest BCUT2D eigenvalue weighted by atomic mass is 9.95. The number of fused-ring (bicyclic) bond motifs is 1. The quantitative estimate of drug-likeness (QED) is 0.581. The maximum atomic E-state index is 11.5. The van der Waals surface area contributed by atoms with Crippen molar-refractivity contribution in [1.29, 1.82) is 0 Å². The average molecular weight is 225 g/mol. The van der Waals surface area contributed by atoms with Gasteiger partial charge in [0.25, 0.3) is 0 Å². The first-order chi connectivity index (χ1) is 7.65. The summed E-state index contributed by atoms with van der Waals surface area (Å²) in [7, 11) is 0. The van der Waals surface area contributed by atoms with Crippen molar-refractivity contribution in [3.8, 4) is 0 Å². The molecule has 1 saturated heterocycles. The third-order valence-corrected chi connectivity index (χ3v) is 3.22. The van der Waals surface area contributed by atoms with Crippen LogP contribution >= 0.6 is 0 Å². The molecule has 2 N–H and O–H groups in total. The van der Waals surface area contributed by atoms with Crippen LogP contribution in [0.2, 0.25) is 0 Å². The first-order valence-corrected chi connectivity index (χ1v) is 5.26. The largest absolute Gasteiger partial charge is 0.370 e. The molecule has 3 unspecified atom stereocenters. The van der Waals surface area contributed by atoms with Crippen LogP contribution in [0, 0.1) is 0 Å². The van der Waals surface area contributed by atoms with Crippen molar-refractivity contribution in [2.75, 3.05) is 0 Å². The highest BCUT2D eigenvalue weighted by molar-refractivity contribution is 4.94. The Hall–Kier alpha value is -1.63. The lowest BCUT2D eigenvalue weighted by molar-refractivity contribution is 0.345. The van der Waals surface area contributed by atoms with Gasteiger partial charge >= 0.3 is 17.1 Å². The van der Waals surface area contributed by atoms with E-state index in [-0.39, 0.29) is 12.1 Å². The molecule has 1 aromatic rings. The summed E-state index contributed by atoms with van der Waals surface area (Å²) < 4.78 is 6.42. The van der Waals surface area contributed by atoms with Gasteiger partial charge in [0, 0.05) is 6.04 Å². The lowest BCUT2D eigenvalue weighted by Crippen LogP contribution is -2.46. The molecular formula is C9H11N3O4. The predicted molar refractivity (Wildman–Crippen MR) is 53.5 cm³/mol. The lowest BCUT2D eigenvalue weighted by Gasteiger charge is -2.19. The number of aromatic amines is 2. The highest BCUT2D eigenvalue weighted by atomic mass is 16.6. The van der Waals surface area contributed by atoms with Crippen LogP contribution in [0.3, 0.4) is 0 Å². The van der Waals surface area contributed by atoms with Gasteiger partial charge in [-0.05, 0) is 19.3 Å². The fraction of sp³-hybridized carbons (Fsp3) is 0.667. The van der Waals surface area contributed by atoms with E-state index in [0.29, 0.717) is 12.5 Å². The summed E-state index contributed by atoms with van der Waals surface area (Å²) in [5.41, 5.74) is -2.04. The molecule has 2 aliphatic rings. The minimum Gasteiger partial charge on any atom is -0.370 e. The Kier molecular flexibility index (Phi) is 1.90. The summed E-state index contributed by atoms with van der Waals surface area (Å²) in [6.07, 6.45) is 2.75. The highest BCUT2D eigenvalue weighted by Crippen LogP contribution is 2.40. The molecule has 16 heavy (non-hydrogen) atoms. The van der Waals surface area contributed by atoms with Gasteiger partial charge in [-0.2, -0.15) is 0 Å². The molecule has 7 heteroatoms. The molecule has 0 bridgehead atoms. The van der Waals surface area contributed by atoms with Crippen molar-refractivity contribution in [2.24, 2.45) is 0 Å². The molecule has 2 fully saturated rings. The second-order valence-corrected chi connectivity index (χ2v) is 4.24. The predicted octanol–water partition coefficient (Wildman–Crippen LogP) is -1.28. The van der Waals surface area contributed by atoms with E-state index >= 15 is 0 Å². The van der Waals surface area contributed by atoms with Crippen molar-refractivity contribution >= 4 is 0 Å². The molecule has 1 saturated carbocycles. The second-order valence-electron chi connectivity index (χ2n) is 4.24. The monoisotopic (exact) mass is 225 g/mol. The molecule has 0 spiro atoms. The number of nitrogens with zero attached hydrogens (tertiary/aromatic N) is 1. The number of hydrogen-bond donors (Lipinski definition) is 2. The van der Waals surface area contributed by atoms with Crippen LogP contribution in [0.25, 0.3) is 0 Å². The maximum Gasteiger partial charge on any atom is 0.333 e. The normalized spacial score (nSPS) is 32.1. The Balaban J connectivity index is 2.02. The molecule has 1 aliphatic carbocycles. The summed E-state index contributed by atoms with van der Waals surface area (Å²) in [5.74, 6) is 0. The highest BCUT2D eigenvalue weighted by Gasteiger charge is 2.44. The Morgan fingerprint density at radius 2 is 1.75 bits per heavy atom. The van der Waals surface area contributed by atoms with Gasteiger partial charge in [-0.15, -0.1) is 0 Å². The van der Waals surface area contributed by atoms with E-state index in [2.05, 4.69) is 9.97 Å². The Morgan fingerprint density at radius 3 is 2.38 bits per heavy atom. The topological polar surface area (TPSA) is 100 Å². The molecule has 0 amide bonds. The maximum absolute atomic E-state index is 11.5. The third kappa shape index (κ3) is 1.44. The average Bonchev–Trinajstić information content (AvgIpc) is 2.93. The van der Waals surface area contributed by atoms with E-state index in [4.69, 9.17) is 4.74 Å². The summed E-state index contributed by atoms with van der Waals surface area (Å²) in [6.45, 7) is 0. The van der Waals surface area contributed by atoms with Crippen LogP contribution in [-0.4, -0.2) is 26.7 Å². The molecule has 3 atom stereocenters. The van der Waals surface area contributed by atoms with E-state index < -0.39 is 17.1 Å². The van der Waals surface area contributed by atoms with Crippen LogP contribution in [0.15, 0.2) is 14.4 Å². The smallest absolute Gasteiger partial charge is 0.333 e. The van der Waals surface area contributed by atoms with E-state index in [1.54, 1.807) is 0 Å². The minimum absolute atomic E-state index is 0.170. The molecule has 1 aliphatic heterocycles. The van der Waals surface area contributed by atoms with Crippen molar-refractivity contribution in [1.82, 2.24) is 14.5 Å². The fourth-order valence-electron chi connectivity index (χ4n) is 2.39. The van der Waals surface area contributed by atoms with E-state index in [0.717, 1.165) is 17.4 Å². The van der Waals surface area contributed by atoms with Crippen LogP contribution < -0.4 is 17.1 Å². The van der Waals surface area contributed by atoms with E-state index in [1.165, 1.54) is 0 Å². The molecule has 2 heterocycles. The molecule has 86 valence electrons. The molecule has 7 nitrogen and oxygen atoms in total. The molecule has 1 aromatic heterocycles. The van der Waals surface area contributed by atoms with Crippen LogP contribution in [-0.2, 0) is 4.74 Å². The summed E-state index contributed by atoms with van der Waals surface area (Å²) in [6, 6.07) is -0.170. The standard InChI is InChI=1S/C9H11N3O4/c13-7-10-8(14)12(9(15)11-7)4-1-2-5-6(3-4)16-5/h4-6H,1-3H2,(H2,10,11,13,14,15). The number of epoxide rings is 1. The number of nitrogens with one attached hydrogen (secondary N) is 2. The van der Waals surface area contributed by atoms with Gasteiger partial charge in [0.15, 0.2) is 0 Å². The van der Waals surface area contributed by atoms with Gasteiger partial charge in [0.1, 0.15) is 0 Å². The van der Waals surface area contributed by atoms with Gasteiger partial charge < -0.3 is 4.74 Å². The molecule has 0 aromatic carbocycles. The Bertz CT molecular complexity index is 549. The molecule has 3 rings (SSSR count). The Morgan fingerprint density at radius 1 is 1.06 bits per heavy atom. The van der Waals surface area contributed by atoms with Crippen LogP contribution in [0.4, 0.5) is 0 Å². The fourth-order valence-corrected chi connectivity index (χ4v) is 2.39. The van der Waals surface area contributed by atoms with E-state index in [1.807, 2.05) is 0 Å². The van der Waals surface area contributed by atoms with Gasteiger partial charge in [-0.25, -0.2) is 19.0 Å². The first kappa shape index (κ1) is 9.59. The first-order valence-electron chi connectivity index (χ1n) is 5.26. The summed E-state index contributed by atoms with van der Waals surface area (Å²) >= 11 is 0. The Labute approximate surface area is 89.1 Å². The summed E-state index contributed by atoms with van der Waals surface area (Å²) in [5, 5.41) is 0. The van der Waals surface area contributed by atoms with E-state index in [9.17, 15) is 14.4 Å². The number of H-pyrrole nitrogens is 2. The van der Waals surface area contributed by atoms with Gasteiger partial charge in [-0.1, -0.05) is 0 Å². The number of hydrogen-bond acceptors (Lipinski definition) is 4. The zero-order valence-corrected chi connectivity index (χ0v) is 8.43. The SMILES string of the molecule is O=c1[nH]c(=O)n(C2CCC3OC3C2)c(=O)[nH]1. The zero-order valence-electron chi connectivity index (χ0n) is 8.43. The third-order valence-electron chi connectivity index (χ3n) is 3.22. The van der Waals surface area contributed by atoms with Crippen molar-refractivity contribution in [2.45, 2.75) is 37.5 Å². The second kappa shape index (κ2) is 3.18. The summed E-state index contributed by atoms with van der Waals surface area (Å²) in [4.78, 5) is 38.0. The zero-order chi connectivity index (χ0) is 11.3.